The number of hydrogen-bond donors (Lipinski definition) is 0. The van der Waals surface area contributed by atoms with E-state index in [1.807, 2.05) is 6.07 Å². The monoisotopic (exact) mass is 350 g/mol. The summed E-state index contributed by atoms with van der Waals surface area (Å²) >= 11 is 16.8. The predicted molar refractivity (Wildman–Crippen MR) is 77.1 cm³/mol. The summed E-state index contributed by atoms with van der Waals surface area (Å²) in [5.41, 5.74) is 0.961. The Morgan fingerprint density at radius 2 is 2.06 bits per heavy atom. The molecule has 6 heteroatoms. The summed E-state index contributed by atoms with van der Waals surface area (Å²) in [7, 11) is 0. The number of hydrogen-bond acceptors (Lipinski definition) is 3. The number of aryl methyl sites for hydroxylation is 1. The lowest BCUT2D eigenvalue weighted by Crippen LogP contribution is -1.94. The maximum absolute atomic E-state index is 6.00. The second-order valence-corrected chi connectivity index (χ2v) is 6.38. The van der Waals surface area contributed by atoms with Gasteiger partial charge >= 0.3 is 0 Å². The molecule has 2 aromatic rings. The van der Waals surface area contributed by atoms with E-state index in [0.29, 0.717) is 15.3 Å². The van der Waals surface area contributed by atoms with Crippen molar-refractivity contribution in [1.29, 1.82) is 0 Å². The minimum absolute atomic E-state index is 0.471. The molecule has 2 nitrogen and oxygen atoms in total. The van der Waals surface area contributed by atoms with E-state index in [1.165, 1.54) is 11.3 Å². The van der Waals surface area contributed by atoms with Crippen LogP contribution in [0.1, 0.15) is 19.0 Å². The van der Waals surface area contributed by atoms with Crippen LogP contribution < -0.4 is 0 Å². The van der Waals surface area contributed by atoms with E-state index < -0.39 is 0 Å². The molecule has 0 atom stereocenters. The fourth-order valence-corrected chi connectivity index (χ4v) is 3.26. The van der Waals surface area contributed by atoms with Gasteiger partial charge in [0.25, 0.3) is 0 Å². The lowest BCUT2D eigenvalue weighted by molar-refractivity contribution is 0.876. The van der Waals surface area contributed by atoms with Gasteiger partial charge < -0.3 is 0 Å². The van der Waals surface area contributed by atoms with Crippen molar-refractivity contribution in [3.63, 3.8) is 0 Å². The Kier molecular flexibility index (Phi) is 4.42. The highest BCUT2D eigenvalue weighted by Gasteiger charge is 2.11. The smallest absolute Gasteiger partial charge is 0.171 e. The summed E-state index contributed by atoms with van der Waals surface area (Å²) in [5, 5.41) is 0.471. The number of aromatic nitrogens is 2. The van der Waals surface area contributed by atoms with Crippen LogP contribution in [0.3, 0.4) is 0 Å². The lowest BCUT2D eigenvalue weighted by Gasteiger charge is -2.02. The molecule has 0 fully saturated rings. The molecule has 0 unspecified atom stereocenters. The molecule has 0 spiro atoms. The van der Waals surface area contributed by atoms with E-state index in [1.54, 1.807) is 6.07 Å². The zero-order valence-electron chi connectivity index (χ0n) is 9.01. The number of nitrogens with zero attached hydrogens (tertiary/aromatic N) is 2. The van der Waals surface area contributed by atoms with Gasteiger partial charge in [-0.1, -0.05) is 36.5 Å². The van der Waals surface area contributed by atoms with E-state index in [0.717, 1.165) is 27.9 Å². The van der Waals surface area contributed by atoms with E-state index in [-0.39, 0.29) is 0 Å². The van der Waals surface area contributed by atoms with Crippen molar-refractivity contribution in [2.75, 3.05) is 0 Å². The summed E-state index contributed by atoms with van der Waals surface area (Å²) in [6.07, 6.45) is 1.93. The van der Waals surface area contributed by atoms with Gasteiger partial charge in [-0.25, -0.2) is 9.97 Å². The van der Waals surface area contributed by atoms with Crippen molar-refractivity contribution < 1.29 is 0 Å². The maximum atomic E-state index is 6.00. The van der Waals surface area contributed by atoms with Crippen molar-refractivity contribution >= 4 is 50.5 Å². The summed E-state index contributed by atoms with van der Waals surface area (Å²) in [5.74, 6) is 0.638. The first-order chi connectivity index (χ1) is 8.10. The van der Waals surface area contributed by atoms with Crippen molar-refractivity contribution in [3.8, 4) is 10.7 Å². The Hall–Kier alpha value is -0.160. The molecule has 2 heterocycles. The predicted octanol–water partition coefficient (Wildman–Crippen LogP) is 5.23. The fourth-order valence-electron chi connectivity index (χ4n) is 1.42. The Balaban J connectivity index is 2.44. The number of halogens is 3. The molecule has 2 rings (SSSR count). The van der Waals surface area contributed by atoms with Gasteiger partial charge in [-0.05, 0) is 34.5 Å². The molecule has 17 heavy (non-hydrogen) atoms. The van der Waals surface area contributed by atoms with Crippen LogP contribution in [0, 0.1) is 0 Å². The molecular weight excluding hydrogens is 343 g/mol. The third-order valence-corrected chi connectivity index (χ3v) is 4.78. The van der Waals surface area contributed by atoms with Crippen molar-refractivity contribution in [2.24, 2.45) is 0 Å². The first kappa shape index (κ1) is 13.3. The van der Waals surface area contributed by atoms with Gasteiger partial charge in [-0.3, -0.25) is 0 Å². The molecule has 0 bridgehead atoms. The van der Waals surface area contributed by atoms with Crippen molar-refractivity contribution in [2.45, 2.75) is 19.8 Å². The molecule has 0 saturated heterocycles. The summed E-state index contributed by atoms with van der Waals surface area (Å²) in [6, 6.07) is 3.72. The highest BCUT2D eigenvalue weighted by molar-refractivity contribution is 9.10. The van der Waals surface area contributed by atoms with Gasteiger partial charge in [0.1, 0.15) is 9.49 Å². The van der Waals surface area contributed by atoms with Crippen LogP contribution in [0.2, 0.25) is 9.49 Å². The molecule has 0 N–H and O–H groups in total. The van der Waals surface area contributed by atoms with E-state index in [4.69, 9.17) is 23.2 Å². The number of thiophene rings is 1. The minimum Gasteiger partial charge on any atom is -0.232 e. The minimum atomic E-state index is 0.471. The average molecular weight is 352 g/mol. The third kappa shape index (κ3) is 3.19. The molecule has 0 saturated carbocycles. The zero-order chi connectivity index (χ0) is 12.4. The summed E-state index contributed by atoms with van der Waals surface area (Å²) in [6.45, 7) is 2.11. The highest BCUT2D eigenvalue weighted by Crippen LogP contribution is 2.36. The van der Waals surface area contributed by atoms with Crippen LogP contribution in [0.4, 0.5) is 0 Å². The standard InChI is InChI=1S/C11H9BrCl2N2S/c1-2-3-6-4-9(13)16-11(15-6)8-5-7(12)10(14)17-8/h4-5H,2-3H2,1H3. The Morgan fingerprint density at radius 1 is 1.29 bits per heavy atom. The molecule has 0 radical (unpaired) electrons. The maximum Gasteiger partial charge on any atom is 0.171 e. The normalized spacial score (nSPS) is 10.8. The number of rotatable bonds is 3. The third-order valence-electron chi connectivity index (χ3n) is 2.12. The largest absolute Gasteiger partial charge is 0.232 e. The lowest BCUT2D eigenvalue weighted by atomic mass is 10.2. The summed E-state index contributed by atoms with van der Waals surface area (Å²) in [4.78, 5) is 9.63. The second kappa shape index (κ2) is 5.65. The molecule has 90 valence electrons. The van der Waals surface area contributed by atoms with Gasteiger partial charge in [0.2, 0.25) is 0 Å². The SMILES string of the molecule is CCCc1cc(Cl)nc(-c2cc(Br)c(Cl)s2)n1. The van der Waals surface area contributed by atoms with E-state index in [9.17, 15) is 0 Å². The topological polar surface area (TPSA) is 25.8 Å². The van der Waals surface area contributed by atoms with Crippen LogP contribution in [-0.4, -0.2) is 9.97 Å². The van der Waals surface area contributed by atoms with Gasteiger partial charge in [0.05, 0.1) is 4.88 Å². The molecule has 0 amide bonds. The Labute approximate surface area is 122 Å². The van der Waals surface area contributed by atoms with Gasteiger partial charge in [-0.15, -0.1) is 11.3 Å². The summed E-state index contributed by atoms with van der Waals surface area (Å²) < 4.78 is 1.56. The quantitative estimate of drug-likeness (QED) is 0.708. The van der Waals surface area contributed by atoms with E-state index in [2.05, 4.69) is 32.8 Å². The molecule has 0 aliphatic carbocycles. The van der Waals surface area contributed by atoms with Crippen LogP contribution >= 0.6 is 50.5 Å². The molecule has 0 aromatic carbocycles. The first-order valence-electron chi connectivity index (χ1n) is 5.08. The zero-order valence-corrected chi connectivity index (χ0v) is 12.9. The van der Waals surface area contributed by atoms with Crippen LogP contribution in [0.15, 0.2) is 16.6 Å². The van der Waals surface area contributed by atoms with Crippen molar-refractivity contribution in [1.82, 2.24) is 9.97 Å². The first-order valence-corrected chi connectivity index (χ1v) is 7.45. The van der Waals surface area contributed by atoms with Gasteiger partial charge in [0, 0.05) is 10.2 Å². The van der Waals surface area contributed by atoms with Crippen molar-refractivity contribution in [3.05, 3.63) is 31.8 Å². The molecule has 0 aliphatic heterocycles. The average Bonchev–Trinajstić information content (AvgIpc) is 2.59. The Morgan fingerprint density at radius 3 is 2.65 bits per heavy atom. The van der Waals surface area contributed by atoms with Crippen LogP contribution in [0.5, 0.6) is 0 Å². The van der Waals surface area contributed by atoms with Gasteiger partial charge in [0.15, 0.2) is 5.82 Å². The van der Waals surface area contributed by atoms with Crippen LogP contribution in [0.25, 0.3) is 10.7 Å². The van der Waals surface area contributed by atoms with Crippen LogP contribution in [-0.2, 0) is 6.42 Å². The van der Waals surface area contributed by atoms with E-state index >= 15 is 0 Å². The Bertz CT molecular complexity index is 523. The molecule has 2 aromatic heterocycles. The van der Waals surface area contributed by atoms with Gasteiger partial charge in [-0.2, -0.15) is 0 Å². The second-order valence-electron chi connectivity index (χ2n) is 3.49. The highest BCUT2D eigenvalue weighted by atomic mass is 79.9. The fraction of sp³-hybridized carbons (Fsp3) is 0.273. The molecule has 0 aliphatic rings. The molecular formula is C11H9BrCl2N2S.